The second kappa shape index (κ2) is 7.60. The van der Waals surface area contributed by atoms with Gasteiger partial charge in [0.15, 0.2) is 0 Å². The summed E-state index contributed by atoms with van der Waals surface area (Å²) >= 11 is 0. The summed E-state index contributed by atoms with van der Waals surface area (Å²) in [6.07, 6.45) is 5.19. The fourth-order valence-corrected chi connectivity index (χ4v) is 2.37. The van der Waals surface area contributed by atoms with Crippen molar-refractivity contribution in [3.8, 4) is 22.6 Å². The Morgan fingerprint density at radius 1 is 0.773 bits per heavy atom. The molecule has 0 heterocycles. The van der Waals surface area contributed by atoms with Crippen molar-refractivity contribution in [2.45, 2.75) is 12.8 Å². The topological polar surface area (TPSA) is 18.5 Å². The maximum Gasteiger partial charge on any atom is 0.374 e. The molecule has 22 heavy (non-hydrogen) atoms. The number of hydrogen-bond acceptors (Lipinski definition) is 2. The van der Waals surface area contributed by atoms with Crippen molar-refractivity contribution < 1.29 is 9.31 Å². The summed E-state index contributed by atoms with van der Waals surface area (Å²) in [6.45, 7) is 7.52. The standard InChI is InChI=1S/C18H16B2O2/c1-3-5-13-7-9-17(21-19)15(11-13)16-12-14(6-4-2)8-10-18(16)22-20/h3-4,7-12H,1-2,5-6H2. The SMILES string of the molecule is [B]Oc1ccc(CC=C)cc1-c1cc(CC=C)ccc1O[B]. The summed E-state index contributed by atoms with van der Waals surface area (Å²) < 4.78 is 9.98. The minimum atomic E-state index is 0.557. The van der Waals surface area contributed by atoms with E-state index in [1.165, 1.54) is 0 Å². The van der Waals surface area contributed by atoms with Crippen molar-refractivity contribution in [2.75, 3.05) is 0 Å². The van der Waals surface area contributed by atoms with Gasteiger partial charge in [0.2, 0.25) is 0 Å². The van der Waals surface area contributed by atoms with Crippen LogP contribution in [0.5, 0.6) is 11.5 Å². The van der Waals surface area contributed by atoms with Gasteiger partial charge in [-0.1, -0.05) is 24.3 Å². The van der Waals surface area contributed by atoms with Gasteiger partial charge in [-0.2, -0.15) is 0 Å². The number of allylic oxidation sites excluding steroid dienone is 2. The minimum Gasteiger partial charge on any atom is -0.567 e. The molecule has 0 bridgehead atoms. The van der Waals surface area contributed by atoms with Gasteiger partial charge in [0.1, 0.15) is 11.5 Å². The predicted octanol–water partition coefficient (Wildman–Crippen LogP) is 3.74. The molecule has 0 saturated carbocycles. The molecule has 0 aliphatic heterocycles. The van der Waals surface area contributed by atoms with Crippen molar-refractivity contribution in [2.24, 2.45) is 0 Å². The van der Waals surface area contributed by atoms with Gasteiger partial charge in [-0.05, 0) is 48.2 Å². The molecule has 2 rings (SSSR count). The van der Waals surface area contributed by atoms with Crippen LogP contribution in [0.4, 0.5) is 0 Å². The van der Waals surface area contributed by atoms with Gasteiger partial charge < -0.3 is 9.31 Å². The molecule has 0 fully saturated rings. The molecule has 0 aliphatic rings. The highest BCUT2D eigenvalue weighted by molar-refractivity contribution is 6.02. The zero-order valence-corrected chi connectivity index (χ0v) is 12.4. The normalized spacial score (nSPS) is 10.0. The van der Waals surface area contributed by atoms with E-state index < -0.39 is 0 Å². The first-order chi connectivity index (χ1) is 10.7. The second-order valence-electron chi connectivity index (χ2n) is 4.88. The van der Waals surface area contributed by atoms with Crippen molar-refractivity contribution in [3.63, 3.8) is 0 Å². The summed E-state index contributed by atoms with van der Waals surface area (Å²) in [4.78, 5) is 0. The maximum atomic E-state index is 5.39. The van der Waals surface area contributed by atoms with Gasteiger partial charge in [-0.15, -0.1) is 13.2 Å². The van der Waals surface area contributed by atoms with Crippen molar-refractivity contribution in [3.05, 3.63) is 72.8 Å². The van der Waals surface area contributed by atoms with E-state index in [9.17, 15) is 0 Å². The van der Waals surface area contributed by atoms with E-state index in [1.54, 1.807) is 0 Å². The molecule has 106 valence electrons. The number of benzene rings is 2. The van der Waals surface area contributed by atoms with Crippen molar-refractivity contribution >= 4 is 16.1 Å². The van der Waals surface area contributed by atoms with Crippen LogP contribution in [0.25, 0.3) is 11.1 Å². The van der Waals surface area contributed by atoms with Crippen LogP contribution in [0.2, 0.25) is 0 Å². The van der Waals surface area contributed by atoms with Crippen LogP contribution in [0, 0.1) is 0 Å². The Hall–Kier alpha value is -2.35. The van der Waals surface area contributed by atoms with E-state index in [4.69, 9.17) is 25.4 Å². The van der Waals surface area contributed by atoms with E-state index in [1.807, 2.05) is 48.6 Å². The molecule has 0 amide bonds. The summed E-state index contributed by atoms with van der Waals surface area (Å²) in [5.41, 5.74) is 3.85. The van der Waals surface area contributed by atoms with Gasteiger partial charge in [0.05, 0.1) is 0 Å². The van der Waals surface area contributed by atoms with Crippen LogP contribution in [-0.2, 0) is 12.8 Å². The van der Waals surface area contributed by atoms with Gasteiger partial charge in [0.25, 0.3) is 0 Å². The predicted molar refractivity (Wildman–Crippen MR) is 92.4 cm³/mol. The monoisotopic (exact) mass is 286 g/mol. The first-order valence-electron chi connectivity index (χ1n) is 6.95. The smallest absolute Gasteiger partial charge is 0.374 e. The molecular weight excluding hydrogens is 270 g/mol. The Morgan fingerprint density at radius 2 is 1.18 bits per heavy atom. The largest absolute Gasteiger partial charge is 0.567 e. The van der Waals surface area contributed by atoms with E-state index in [2.05, 4.69) is 13.2 Å². The molecule has 2 aromatic rings. The second-order valence-corrected chi connectivity index (χ2v) is 4.88. The highest BCUT2D eigenvalue weighted by Crippen LogP contribution is 2.37. The Balaban J connectivity index is 2.61. The van der Waals surface area contributed by atoms with Crippen LogP contribution in [0.15, 0.2) is 61.7 Å². The number of rotatable bonds is 7. The molecule has 4 radical (unpaired) electrons. The van der Waals surface area contributed by atoms with E-state index >= 15 is 0 Å². The Morgan fingerprint density at radius 3 is 1.50 bits per heavy atom. The Labute approximate surface area is 134 Å². The molecule has 0 aromatic heterocycles. The lowest BCUT2D eigenvalue weighted by Gasteiger charge is -2.15. The molecule has 0 spiro atoms. The van der Waals surface area contributed by atoms with E-state index in [0.29, 0.717) is 11.5 Å². The molecule has 0 unspecified atom stereocenters. The molecular formula is C18H16B2O2. The summed E-state index contributed by atoms with van der Waals surface area (Å²) in [5.74, 6) is 1.11. The highest BCUT2D eigenvalue weighted by atomic mass is 16.4. The zero-order valence-electron chi connectivity index (χ0n) is 12.4. The first kappa shape index (κ1) is 16.0. The van der Waals surface area contributed by atoms with Gasteiger partial charge in [-0.3, -0.25) is 0 Å². The van der Waals surface area contributed by atoms with Gasteiger partial charge >= 0.3 is 16.1 Å². The third-order valence-corrected chi connectivity index (χ3v) is 3.39. The number of hydrogen-bond donors (Lipinski definition) is 0. The minimum absolute atomic E-state index is 0.557. The average molecular weight is 286 g/mol. The van der Waals surface area contributed by atoms with Crippen LogP contribution in [0.3, 0.4) is 0 Å². The lowest BCUT2D eigenvalue weighted by Crippen LogP contribution is -1.96. The highest BCUT2D eigenvalue weighted by Gasteiger charge is 2.12. The summed E-state index contributed by atoms with van der Waals surface area (Å²) in [7, 11) is 10.8. The summed E-state index contributed by atoms with van der Waals surface area (Å²) in [6, 6.07) is 11.6. The fourth-order valence-electron chi connectivity index (χ4n) is 2.37. The molecule has 0 aliphatic carbocycles. The third kappa shape index (κ3) is 3.45. The molecule has 0 saturated heterocycles. The van der Waals surface area contributed by atoms with E-state index in [-0.39, 0.29) is 0 Å². The van der Waals surface area contributed by atoms with Gasteiger partial charge in [0, 0.05) is 11.1 Å². The molecule has 0 N–H and O–H groups in total. The molecule has 2 nitrogen and oxygen atoms in total. The average Bonchev–Trinajstić information content (AvgIpc) is 2.55. The Bertz CT molecular complexity index is 621. The molecule has 2 aromatic carbocycles. The molecule has 4 heteroatoms. The lowest BCUT2D eigenvalue weighted by molar-refractivity contribution is 0.608. The maximum absolute atomic E-state index is 5.39. The Kier molecular flexibility index (Phi) is 5.54. The van der Waals surface area contributed by atoms with Crippen LogP contribution in [0.1, 0.15) is 11.1 Å². The van der Waals surface area contributed by atoms with E-state index in [0.717, 1.165) is 35.1 Å². The van der Waals surface area contributed by atoms with Crippen molar-refractivity contribution in [1.29, 1.82) is 0 Å². The lowest BCUT2D eigenvalue weighted by atomic mass is 9.97. The fraction of sp³-hybridized carbons (Fsp3) is 0.111. The van der Waals surface area contributed by atoms with Crippen molar-refractivity contribution in [1.82, 2.24) is 0 Å². The van der Waals surface area contributed by atoms with Crippen LogP contribution >= 0.6 is 0 Å². The first-order valence-corrected chi connectivity index (χ1v) is 6.95. The third-order valence-electron chi connectivity index (χ3n) is 3.39. The molecule has 0 atom stereocenters. The quantitative estimate of drug-likeness (QED) is 0.570. The zero-order chi connectivity index (χ0) is 15.9. The summed E-state index contributed by atoms with van der Waals surface area (Å²) in [5, 5.41) is 0. The van der Waals surface area contributed by atoms with Crippen LogP contribution in [-0.4, -0.2) is 16.1 Å². The van der Waals surface area contributed by atoms with Gasteiger partial charge in [-0.25, -0.2) is 0 Å². The van der Waals surface area contributed by atoms with Crippen LogP contribution < -0.4 is 9.31 Å².